The van der Waals surface area contributed by atoms with Gasteiger partial charge in [0.1, 0.15) is 6.04 Å². The molecule has 3 atom stereocenters. The van der Waals surface area contributed by atoms with Gasteiger partial charge in [0.15, 0.2) is 5.60 Å². The topological polar surface area (TPSA) is 98.1 Å². The van der Waals surface area contributed by atoms with Gasteiger partial charge < -0.3 is 15.3 Å². The van der Waals surface area contributed by atoms with E-state index in [1.54, 1.807) is 18.7 Å². The van der Waals surface area contributed by atoms with Crippen molar-refractivity contribution in [1.29, 1.82) is 0 Å². The first-order valence-electron chi connectivity index (χ1n) is 13.2. The van der Waals surface area contributed by atoms with Crippen LogP contribution in [0.3, 0.4) is 0 Å². The summed E-state index contributed by atoms with van der Waals surface area (Å²) in [6.45, 7) is 8.66. The minimum Gasteiger partial charge on any atom is -0.480 e. The van der Waals surface area contributed by atoms with Crippen molar-refractivity contribution in [2.45, 2.75) is 136 Å². The highest BCUT2D eigenvalue weighted by Gasteiger charge is 2.55. The van der Waals surface area contributed by atoms with Gasteiger partial charge >= 0.3 is 11.9 Å². The Balaban J connectivity index is 5.08. The normalized spacial score (nSPS) is 15.4. The molecule has 0 aliphatic rings. The van der Waals surface area contributed by atoms with E-state index in [0.717, 1.165) is 38.5 Å². The molecule has 0 aliphatic heterocycles. The number of rotatable bonds is 22. The predicted octanol–water partition coefficient (Wildman–Crippen LogP) is 6.10. The number of carboxylic acid groups (broad SMARTS) is 2. The van der Waals surface area contributed by atoms with E-state index in [4.69, 9.17) is 0 Å². The highest BCUT2D eigenvalue weighted by molar-refractivity contribution is 5.88. The number of likely N-dealkylation sites (N-methyl/N-ethyl adjacent to an activating group) is 1. The second kappa shape index (κ2) is 18.3. The van der Waals surface area contributed by atoms with Gasteiger partial charge in [-0.2, -0.15) is 0 Å². The number of carboxylic acids is 2. The average molecular weight is 458 g/mol. The van der Waals surface area contributed by atoms with Gasteiger partial charge in [-0.15, -0.1) is 0 Å². The Labute approximate surface area is 196 Å². The zero-order valence-electron chi connectivity index (χ0n) is 21.3. The maximum absolute atomic E-state index is 12.3. The quantitative estimate of drug-likeness (QED) is 0.170. The Hall–Kier alpha value is -1.14. The lowest BCUT2D eigenvalue weighted by Gasteiger charge is -2.41. The summed E-state index contributed by atoms with van der Waals surface area (Å²) < 4.78 is 0. The highest BCUT2D eigenvalue weighted by Crippen LogP contribution is 2.34. The van der Waals surface area contributed by atoms with Crippen LogP contribution in [0.15, 0.2) is 0 Å². The van der Waals surface area contributed by atoms with Crippen molar-refractivity contribution in [2.24, 2.45) is 5.92 Å². The third-order valence-electron chi connectivity index (χ3n) is 6.86. The van der Waals surface area contributed by atoms with Crippen LogP contribution < -0.4 is 0 Å². The molecule has 3 unspecified atom stereocenters. The molecule has 0 aromatic carbocycles. The van der Waals surface area contributed by atoms with Crippen LogP contribution in [-0.4, -0.2) is 56.9 Å². The van der Waals surface area contributed by atoms with Crippen molar-refractivity contribution in [2.75, 3.05) is 13.1 Å². The van der Waals surface area contributed by atoms with Crippen LogP contribution in [-0.2, 0) is 9.59 Å². The predicted molar refractivity (Wildman–Crippen MR) is 131 cm³/mol. The number of nitrogens with zero attached hydrogens (tertiary/aromatic N) is 1. The van der Waals surface area contributed by atoms with Crippen LogP contribution in [0.5, 0.6) is 0 Å². The molecule has 0 rings (SSSR count). The summed E-state index contributed by atoms with van der Waals surface area (Å²) in [6, 6.07) is -1.44. The summed E-state index contributed by atoms with van der Waals surface area (Å²) in [5.41, 5.74) is -2.29. The van der Waals surface area contributed by atoms with Crippen molar-refractivity contribution in [3.05, 3.63) is 0 Å². The maximum atomic E-state index is 12.3. The molecule has 0 saturated carbocycles. The molecule has 0 radical (unpaired) electrons. The van der Waals surface area contributed by atoms with E-state index in [0.29, 0.717) is 25.9 Å². The molecule has 190 valence electrons. The van der Waals surface area contributed by atoms with Crippen LogP contribution in [0.4, 0.5) is 0 Å². The van der Waals surface area contributed by atoms with Gasteiger partial charge in [0.25, 0.3) is 0 Å². The van der Waals surface area contributed by atoms with Crippen molar-refractivity contribution in [3.8, 4) is 0 Å². The van der Waals surface area contributed by atoms with Gasteiger partial charge in [-0.3, -0.25) is 9.69 Å². The second-order valence-electron chi connectivity index (χ2n) is 9.26. The Morgan fingerprint density at radius 2 is 1.06 bits per heavy atom. The molecule has 32 heavy (non-hydrogen) atoms. The number of hydrogen-bond donors (Lipinski definition) is 3. The van der Waals surface area contributed by atoms with E-state index >= 15 is 0 Å². The Kier molecular flexibility index (Phi) is 17.7. The number of aliphatic carboxylic acids is 2. The van der Waals surface area contributed by atoms with Crippen LogP contribution in [0, 0.1) is 5.92 Å². The van der Waals surface area contributed by atoms with E-state index in [-0.39, 0.29) is 0 Å². The molecule has 0 bridgehead atoms. The Bertz CT molecular complexity index is 495. The monoisotopic (exact) mass is 457 g/mol. The Morgan fingerprint density at radius 1 is 0.688 bits per heavy atom. The first-order chi connectivity index (χ1) is 15.3. The average Bonchev–Trinajstić information content (AvgIpc) is 2.76. The fourth-order valence-corrected chi connectivity index (χ4v) is 4.83. The smallest absolute Gasteiger partial charge is 0.338 e. The minimum absolute atomic E-state index is 0.378. The number of aliphatic hydroxyl groups is 1. The van der Waals surface area contributed by atoms with Crippen LogP contribution in [0.25, 0.3) is 0 Å². The first-order valence-corrected chi connectivity index (χ1v) is 13.2. The van der Waals surface area contributed by atoms with Gasteiger partial charge in [-0.05, 0) is 25.9 Å². The summed E-state index contributed by atoms with van der Waals surface area (Å²) in [6.07, 6.45) is 15.7. The lowest BCUT2D eigenvalue weighted by molar-refractivity contribution is -0.186. The molecule has 6 heteroatoms. The molecule has 0 aliphatic carbocycles. The van der Waals surface area contributed by atoms with E-state index in [9.17, 15) is 24.9 Å². The van der Waals surface area contributed by atoms with Gasteiger partial charge in [0, 0.05) is 5.92 Å². The molecule has 0 spiro atoms. The molecule has 0 aromatic heterocycles. The second-order valence-corrected chi connectivity index (χ2v) is 9.26. The molecule has 0 amide bonds. The zero-order valence-corrected chi connectivity index (χ0v) is 21.3. The first kappa shape index (κ1) is 30.9. The molecule has 3 N–H and O–H groups in total. The molecule has 0 aromatic rings. The third kappa shape index (κ3) is 10.7. The highest BCUT2D eigenvalue weighted by atomic mass is 16.4. The van der Waals surface area contributed by atoms with E-state index in [2.05, 4.69) is 13.8 Å². The van der Waals surface area contributed by atoms with Crippen LogP contribution >= 0.6 is 0 Å². The van der Waals surface area contributed by atoms with Gasteiger partial charge in [-0.25, -0.2) is 4.79 Å². The standard InChI is InChI=1S/C26H51NO5/c1-5-9-11-12-13-14-15-16-17-19-21-22(20-18-10-6-2)26(32,25(30)31)23(24(28)29)27(7-3)8-4/h22-23,32H,5-21H2,1-4H3,(H,28,29)(H,30,31). The van der Waals surface area contributed by atoms with Crippen LogP contribution in [0.1, 0.15) is 124 Å². The molecular weight excluding hydrogens is 406 g/mol. The van der Waals surface area contributed by atoms with Crippen molar-refractivity contribution in [3.63, 3.8) is 0 Å². The summed E-state index contributed by atoms with van der Waals surface area (Å²) in [5, 5.41) is 31.4. The van der Waals surface area contributed by atoms with Crippen molar-refractivity contribution < 1.29 is 24.9 Å². The van der Waals surface area contributed by atoms with Crippen molar-refractivity contribution >= 4 is 11.9 Å². The molecule has 0 fully saturated rings. The summed E-state index contributed by atoms with van der Waals surface area (Å²) in [7, 11) is 0. The molecular formula is C26H51NO5. The summed E-state index contributed by atoms with van der Waals surface area (Å²) >= 11 is 0. The third-order valence-corrected chi connectivity index (χ3v) is 6.86. The van der Waals surface area contributed by atoms with E-state index < -0.39 is 29.5 Å². The van der Waals surface area contributed by atoms with Gasteiger partial charge in [-0.1, -0.05) is 111 Å². The number of carbonyl (C=O) groups is 2. The lowest BCUT2D eigenvalue weighted by atomic mass is 9.74. The zero-order chi connectivity index (χ0) is 24.4. The molecule has 0 heterocycles. The molecule has 0 saturated heterocycles. The number of hydrogen-bond acceptors (Lipinski definition) is 4. The molecule has 6 nitrogen and oxygen atoms in total. The van der Waals surface area contributed by atoms with Crippen LogP contribution in [0.2, 0.25) is 0 Å². The lowest BCUT2D eigenvalue weighted by Crippen LogP contribution is -2.64. The SMILES string of the molecule is CCCCCCCCCCCCC(CCCCC)C(O)(C(=O)O)C(C(=O)O)N(CC)CC. The maximum Gasteiger partial charge on any atom is 0.338 e. The number of unbranched alkanes of at least 4 members (excludes halogenated alkanes) is 11. The van der Waals surface area contributed by atoms with Crippen molar-refractivity contribution in [1.82, 2.24) is 4.90 Å². The fraction of sp³-hybridized carbons (Fsp3) is 0.923. The van der Waals surface area contributed by atoms with Gasteiger partial charge in [0.2, 0.25) is 0 Å². The van der Waals surface area contributed by atoms with E-state index in [1.165, 1.54) is 44.9 Å². The Morgan fingerprint density at radius 3 is 1.44 bits per heavy atom. The minimum atomic E-state index is -2.29. The largest absolute Gasteiger partial charge is 0.480 e. The fourth-order valence-electron chi connectivity index (χ4n) is 4.83. The van der Waals surface area contributed by atoms with E-state index in [1.807, 2.05) is 0 Å². The van der Waals surface area contributed by atoms with Gasteiger partial charge in [0.05, 0.1) is 0 Å². The summed E-state index contributed by atoms with van der Waals surface area (Å²) in [4.78, 5) is 26.0. The summed E-state index contributed by atoms with van der Waals surface area (Å²) in [5.74, 6) is -3.24.